The van der Waals surface area contributed by atoms with Crippen LogP contribution in [0.2, 0.25) is 5.02 Å². The van der Waals surface area contributed by atoms with Gasteiger partial charge in [0.2, 0.25) is 10.0 Å². The first-order valence-corrected chi connectivity index (χ1v) is 9.13. The molecule has 1 aliphatic heterocycles. The van der Waals surface area contributed by atoms with Gasteiger partial charge in [-0.3, -0.25) is 4.79 Å². The van der Waals surface area contributed by atoms with Crippen molar-refractivity contribution in [3.8, 4) is 0 Å². The molecule has 7 heteroatoms. The van der Waals surface area contributed by atoms with E-state index in [1.807, 2.05) is 0 Å². The Balaban J connectivity index is 2.35. The molecule has 1 aromatic rings. The molecule has 0 bridgehead atoms. The molecule has 0 aromatic heterocycles. The van der Waals surface area contributed by atoms with Crippen molar-refractivity contribution in [3.63, 3.8) is 0 Å². The summed E-state index contributed by atoms with van der Waals surface area (Å²) in [4.78, 5) is 14.5. The number of nitrogens with zero attached hydrogens (tertiary/aromatic N) is 1. The Morgan fingerprint density at radius 1 is 1.27 bits per heavy atom. The molecule has 2 unspecified atom stereocenters. The zero-order valence-electron chi connectivity index (χ0n) is 13.0. The van der Waals surface area contributed by atoms with E-state index in [9.17, 15) is 13.2 Å². The molecule has 1 amide bonds. The van der Waals surface area contributed by atoms with Gasteiger partial charge in [0.15, 0.2) is 0 Å². The second kappa shape index (κ2) is 6.56. The summed E-state index contributed by atoms with van der Waals surface area (Å²) < 4.78 is 26.0. The Kier molecular flexibility index (Phi) is 5.14. The number of halogens is 1. The highest BCUT2D eigenvalue weighted by atomic mass is 35.5. The van der Waals surface area contributed by atoms with Gasteiger partial charge >= 0.3 is 0 Å². The average Bonchev–Trinajstić information content (AvgIpc) is 2.45. The number of piperidine rings is 1. The van der Waals surface area contributed by atoms with Crippen LogP contribution in [0.25, 0.3) is 0 Å². The molecule has 1 saturated heterocycles. The van der Waals surface area contributed by atoms with Crippen LogP contribution in [0.15, 0.2) is 23.1 Å². The highest BCUT2D eigenvalue weighted by Crippen LogP contribution is 2.26. The van der Waals surface area contributed by atoms with Crippen molar-refractivity contribution in [1.82, 2.24) is 9.62 Å². The molecule has 0 spiro atoms. The van der Waals surface area contributed by atoms with Crippen LogP contribution in [0.1, 0.15) is 30.6 Å². The van der Waals surface area contributed by atoms with Crippen molar-refractivity contribution >= 4 is 27.5 Å². The van der Waals surface area contributed by atoms with Gasteiger partial charge in [-0.25, -0.2) is 13.1 Å². The topological polar surface area (TPSA) is 66.5 Å². The summed E-state index contributed by atoms with van der Waals surface area (Å²) in [6, 6.07) is 4.20. The van der Waals surface area contributed by atoms with Gasteiger partial charge in [-0.2, -0.15) is 0 Å². The first kappa shape index (κ1) is 17.2. The van der Waals surface area contributed by atoms with Gasteiger partial charge in [0.05, 0.1) is 15.5 Å². The highest BCUT2D eigenvalue weighted by molar-refractivity contribution is 7.89. The van der Waals surface area contributed by atoms with Crippen molar-refractivity contribution in [2.24, 2.45) is 11.8 Å². The summed E-state index contributed by atoms with van der Waals surface area (Å²) in [6.45, 7) is 5.56. The molecule has 2 rings (SSSR count). The van der Waals surface area contributed by atoms with Gasteiger partial charge in [0.25, 0.3) is 5.91 Å². The van der Waals surface area contributed by atoms with Gasteiger partial charge in [0.1, 0.15) is 0 Å². The summed E-state index contributed by atoms with van der Waals surface area (Å²) >= 11 is 6.11. The van der Waals surface area contributed by atoms with Gasteiger partial charge in [-0.05, 0) is 43.5 Å². The van der Waals surface area contributed by atoms with Crippen LogP contribution in [0.4, 0.5) is 0 Å². The SMILES string of the molecule is CNS(=O)(=O)c1ccc(Cl)c(C(=O)N2CC(C)CC(C)C2)c1. The van der Waals surface area contributed by atoms with Crippen LogP contribution < -0.4 is 4.72 Å². The molecule has 1 aromatic carbocycles. The van der Waals surface area contributed by atoms with E-state index in [0.29, 0.717) is 24.9 Å². The van der Waals surface area contributed by atoms with E-state index in [-0.39, 0.29) is 21.4 Å². The van der Waals surface area contributed by atoms with Crippen molar-refractivity contribution in [2.45, 2.75) is 25.2 Å². The Bertz CT molecular complexity index is 665. The number of carbonyl (C=O) groups excluding carboxylic acids is 1. The summed E-state index contributed by atoms with van der Waals surface area (Å²) in [5.74, 6) is 0.642. The third kappa shape index (κ3) is 3.62. The van der Waals surface area contributed by atoms with Gasteiger partial charge in [-0.15, -0.1) is 0 Å². The van der Waals surface area contributed by atoms with Crippen molar-refractivity contribution in [1.29, 1.82) is 0 Å². The number of carbonyl (C=O) groups is 1. The second-order valence-corrected chi connectivity index (χ2v) is 8.30. The maximum Gasteiger partial charge on any atom is 0.255 e. The van der Waals surface area contributed by atoms with E-state index in [2.05, 4.69) is 18.6 Å². The fourth-order valence-electron chi connectivity index (χ4n) is 2.95. The molecule has 0 aliphatic carbocycles. The predicted octanol–water partition coefficient (Wildman–Crippen LogP) is 2.37. The molecule has 22 heavy (non-hydrogen) atoms. The normalized spacial score (nSPS) is 22.6. The number of benzene rings is 1. The largest absolute Gasteiger partial charge is 0.338 e. The minimum Gasteiger partial charge on any atom is -0.338 e. The standard InChI is InChI=1S/C15H21ClN2O3S/c1-10-6-11(2)9-18(8-10)15(19)13-7-12(4-5-14(13)16)22(20,21)17-3/h4-5,7,10-11,17H,6,8-9H2,1-3H3. The molecule has 0 radical (unpaired) electrons. The first-order chi connectivity index (χ1) is 10.2. The summed E-state index contributed by atoms with van der Waals surface area (Å²) in [5, 5.41) is 0.269. The van der Waals surface area contributed by atoms with Crippen LogP contribution in [0, 0.1) is 11.8 Å². The number of hydrogen-bond donors (Lipinski definition) is 1. The van der Waals surface area contributed by atoms with E-state index in [0.717, 1.165) is 6.42 Å². The number of nitrogens with one attached hydrogen (secondary N) is 1. The molecule has 122 valence electrons. The Labute approximate surface area is 136 Å². The van der Waals surface area contributed by atoms with Crippen LogP contribution in [-0.4, -0.2) is 39.4 Å². The van der Waals surface area contributed by atoms with Gasteiger partial charge < -0.3 is 4.90 Å². The molecule has 5 nitrogen and oxygen atoms in total. The molecule has 1 N–H and O–H groups in total. The van der Waals surface area contributed by atoms with Crippen molar-refractivity contribution in [3.05, 3.63) is 28.8 Å². The molecular weight excluding hydrogens is 324 g/mol. The quantitative estimate of drug-likeness (QED) is 0.915. The lowest BCUT2D eigenvalue weighted by atomic mass is 9.91. The number of sulfonamides is 1. The smallest absolute Gasteiger partial charge is 0.255 e. The fraction of sp³-hybridized carbons (Fsp3) is 0.533. The number of amides is 1. The first-order valence-electron chi connectivity index (χ1n) is 7.27. The predicted molar refractivity (Wildman–Crippen MR) is 86.5 cm³/mol. The van der Waals surface area contributed by atoms with Crippen LogP contribution in [0.5, 0.6) is 0 Å². The number of rotatable bonds is 3. The van der Waals surface area contributed by atoms with Crippen molar-refractivity contribution < 1.29 is 13.2 Å². The van der Waals surface area contributed by atoms with E-state index >= 15 is 0 Å². The van der Waals surface area contributed by atoms with E-state index < -0.39 is 10.0 Å². The van der Waals surface area contributed by atoms with Gasteiger partial charge in [0, 0.05) is 13.1 Å². The molecule has 1 heterocycles. The minimum absolute atomic E-state index is 0.0425. The zero-order chi connectivity index (χ0) is 16.5. The summed E-state index contributed by atoms with van der Waals surface area (Å²) in [7, 11) is -2.27. The third-order valence-electron chi connectivity index (χ3n) is 3.90. The number of likely N-dealkylation sites (tertiary alicyclic amines) is 1. The molecule has 2 atom stereocenters. The van der Waals surface area contributed by atoms with E-state index in [1.54, 1.807) is 4.90 Å². The lowest BCUT2D eigenvalue weighted by Gasteiger charge is -2.35. The molecule has 1 aliphatic rings. The van der Waals surface area contributed by atoms with Crippen molar-refractivity contribution in [2.75, 3.05) is 20.1 Å². The van der Waals surface area contributed by atoms with Crippen LogP contribution >= 0.6 is 11.6 Å². The zero-order valence-corrected chi connectivity index (χ0v) is 14.5. The minimum atomic E-state index is -3.60. The number of hydrogen-bond acceptors (Lipinski definition) is 3. The average molecular weight is 345 g/mol. The van der Waals surface area contributed by atoms with E-state index in [4.69, 9.17) is 11.6 Å². The second-order valence-electron chi connectivity index (χ2n) is 6.01. The lowest BCUT2D eigenvalue weighted by molar-refractivity contribution is 0.0623. The molecular formula is C15H21ClN2O3S. The molecule has 1 fully saturated rings. The maximum absolute atomic E-state index is 12.7. The van der Waals surface area contributed by atoms with Crippen LogP contribution in [0.3, 0.4) is 0 Å². The van der Waals surface area contributed by atoms with Gasteiger partial charge in [-0.1, -0.05) is 25.4 Å². The Morgan fingerprint density at radius 3 is 2.41 bits per heavy atom. The van der Waals surface area contributed by atoms with Crippen LogP contribution in [-0.2, 0) is 10.0 Å². The summed E-state index contributed by atoms with van der Waals surface area (Å²) in [6.07, 6.45) is 1.09. The third-order valence-corrected chi connectivity index (χ3v) is 5.64. The molecule has 0 saturated carbocycles. The van der Waals surface area contributed by atoms with E-state index in [1.165, 1.54) is 25.2 Å². The lowest BCUT2D eigenvalue weighted by Crippen LogP contribution is -2.42. The highest BCUT2D eigenvalue weighted by Gasteiger charge is 2.28. The summed E-state index contributed by atoms with van der Waals surface area (Å²) in [5.41, 5.74) is 0.235. The maximum atomic E-state index is 12.7. The Hall–Kier alpha value is -1.11. The fourth-order valence-corrected chi connectivity index (χ4v) is 3.91. The monoisotopic (exact) mass is 344 g/mol. The Morgan fingerprint density at radius 2 is 1.86 bits per heavy atom.